The summed E-state index contributed by atoms with van der Waals surface area (Å²) >= 11 is 0. The Morgan fingerprint density at radius 3 is 2.62 bits per heavy atom. The van der Waals surface area contributed by atoms with Gasteiger partial charge in [0.05, 0.1) is 6.10 Å². The lowest BCUT2D eigenvalue weighted by molar-refractivity contribution is -0.0976. The fraction of sp³-hybridized carbons (Fsp3) is 0.733. The number of nitrogens with zero attached hydrogens (tertiary/aromatic N) is 2. The van der Waals surface area contributed by atoms with Gasteiger partial charge in [-0.05, 0) is 13.3 Å². The van der Waals surface area contributed by atoms with E-state index in [0.717, 1.165) is 24.7 Å². The Balaban J connectivity index is 2.08. The number of aromatic nitrogens is 2. The lowest BCUT2D eigenvalue weighted by Gasteiger charge is -2.51. The van der Waals surface area contributed by atoms with Crippen molar-refractivity contribution in [1.82, 2.24) is 9.97 Å². The number of hydrogen-bond donors (Lipinski definition) is 2. The third-order valence-electron chi connectivity index (χ3n) is 4.17. The quantitative estimate of drug-likeness (QED) is 0.804. The molecular weight excluding hydrogens is 268 g/mol. The van der Waals surface area contributed by atoms with E-state index < -0.39 is 0 Å². The summed E-state index contributed by atoms with van der Waals surface area (Å²) in [5, 5.41) is 6.56. The van der Waals surface area contributed by atoms with Crippen molar-refractivity contribution in [2.75, 3.05) is 31.4 Å². The largest absolute Gasteiger partial charge is 0.378 e. The van der Waals surface area contributed by atoms with E-state index in [4.69, 9.17) is 9.47 Å². The van der Waals surface area contributed by atoms with Crippen molar-refractivity contribution in [2.45, 2.75) is 45.9 Å². The lowest BCUT2D eigenvalue weighted by atomic mass is 9.64. The van der Waals surface area contributed by atoms with Crippen molar-refractivity contribution >= 4 is 11.6 Å². The molecule has 0 spiro atoms. The molecule has 0 saturated heterocycles. The molecule has 21 heavy (non-hydrogen) atoms. The van der Waals surface area contributed by atoms with E-state index in [9.17, 15) is 0 Å². The molecule has 1 aliphatic rings. The third kappa shape index (κ3) is 3.44. The molecule has 1 aromatic heterocycles. The summed E-state index contributed by atoms with van der Waals surface area (Å²) in [5.41, 5.74) is 0.0994. The zero-order valence-electron chi connectivity index (χ0n) is 13.6. The predicted octanol–water partition coefficient (Wildman–Crippen LogP) is 2.28. The summed E-state index contributed by atoms with van der Waals surface area (Å²) in [7, 11) is 3.49. The number of ether oxygens (including phenoxy) is 2. The zero-order chi connectivity index (χ0) is 15.5. The molecule has 2 unspecified atom stereocenters. The van der Waals surface area contributed by atoms with Gasteiger partial charge in [0.1, 0.15) is 18.2 Å². The number of hydrogen-bond acceptors (Lipinski definition) is 6. The minimum absolute atomic E-state index is 0.0994. The molecule has 6 heteroatoms. The van der Waals surface area contributed by atoms with Crippen LogP contribution in [0.25, 0.3) is 0 Å². The maximum absolute atomic E-state index is 5.76. The Hall–Kier alpha value is -1.40. The lowest BCUT2D eigenvalue weighted by Crippen LogP contribution is -2.58. The van der Waals surface area contributed by atoms with E-state index in [1.54, 1.807) is 7.11 Å². The number of anilines is 2. The Morgan fingerprint density at radius 2 is 2.05 bits per heavy atom. The molecule has 0 aromatic carbocycles. The first-order valence-corrected chi connectivity index (χ1v) is 7.44. The van der Waals surface area contributed by atoms with Gasteiger partial charge in [0.2, 0.25) is 0 Å². The van der Waals surface area contributed by atoms with E-state index in [-0.39, 0.29) is 5.41 Å². The first kappa shape index (κ1) is 16.0. The first-order valence-electron chi connectivity index (χ1n) is 7.44. The molecule has 1 aromatic rings. The zero-order valence-corrected chi connectivity index (χ0v) is 13.6. The number of rotatable bonds is 7. The van der Waals surface area contributed by atoms with Crippen LogP contribution < -0.4 is 10.6 Å². The van der Waals surface area contributed by atoms with Crippen molar-refractivity contribution in [2.24, 2.45) is 5.41 Å². The first-order chi connectivity index (χ1) is 10.0. The van der Waals surface area contributed by atoms with E-state index >= 15 is 0 Å². The Kier molecular flexibility index (Phi) is 5.00. The highest BCUT2D eigenvalue weighted by Gasteiger charge is 2.49. The van der Waals surface area contributed by atoms with E-state index in [2.05, 4.69) is 34.4 Å². The molecule has 2 N–H and O–H groups in total. The van der Waals surface area contributed by atoms with Gasteiger partial charge in [-0.1, -0.05) is 13.8 Å². The van der Waals surface area contributed by atoms with Crippen LogP contribution in [0.1, 0.15) is 33.0 Å². The van der Waals surface area contributed by atoms with Gasteiger partial charge in [0.15, 0.2) is 5.82 Å². The van der Waals surface area contributed by atoms with Crippen LogP contribution in [-0.2, 0) is 16.1 Å². The molecule has 2 rings (SSSR count). The average molecular weight is 294 g/mol. The molecule has 0 amide bonds. The minimum atomic E-state index is 0.0994. The topological polar surface area (TPSA) is 68.3 Å². The van der Waals surface area contributed by atoms with Crippen molar-refractivity contribution in [3.8, 4) is 0 Å². The molecule has 2 atom stereocenters. The Labute approximate surface area is 126 Å². The third-order valence-corrected chi connectivity index (χ3v) is 4.17. The maximum Gasteiger partial charge on any atom is 0.158 e. The summed E-state index contributed by atoms with van der Waals surface area (Å²) in [6, 6.07) is 2.27. The molecule has 0 bridgehead atoms. The van der Waals surface area contributed by atoms with Crippen LogP contribution in [0.4, 0.5) is 11.6 Å². The van der Waals surface area contributed by atoms with Crippen LogP contribution in [0.5, 0.6) is 0 Å². The van der Waals surface area contributed by atoms with Crippen LogP contribution in [-0.4, -0.2) is 42.9 Å². The molecule has 1 fully saturated rings. The standard InChI is InChI=1S/C15H26N4O2/c1-6-21-11-7-10(15(11,2)3)17-13-8-12(16-4)18-14(19-13)9-20-5/h8,10-11H,6-7,9H2,1-5H3,(H2,16,17,18,19). The Morgan fingerprint density at radius 1 is 1.33 bits per heavy atom. The minimum Gasteiger partial charge on any atom is -0.378 e. The van der Waals surface area contributed by atoms with Gasteiger partial charge in [-0.3, -0.25) is 0 Å². The molecular formula is C15H26N4O2. The smallest absolute Gasteiger partial charge is 0.158 e. The van der Waals surface area contributed by atoms with Crippen LogP contribution in [0, 0.1) is 5.41 Å². The second kappa shape index (κ2) is 6.58. The molecule has 0 radical (unpaired) electrons. The average Bonchev–Trinajstić information content (AvgIpc) is 2.46. The van der Waals surface area contributed by atoms with Crippen LogP contribution in [0.2, 0.25) is 0 Å². The van der Waals surface area contributed by atoms with Crippen LogP contribution in [0.15, 0.2) is 6.07 Å². The van der Waals surface area contributed by atoms with Gasteiger partial charge in [-0.15, -0.1) is 0 Å². The van der Waals surface area contributed by atoms with E-state index in [1.165, 1.54) is 0 Å². The molecule has 1 saturated carbocycles. The summed E-state index contributed by atoms with van der Waals surface area (Å²) in [6.45, 7) is 7.66. The van der Waals surface area contributed by atoms with Gasteiger partial charge in [-0.25, -0.2) is 9.97 Å². The van der Waals surface area contributed by atoms with Crippen LogP contribution in [0.3, 0.4) is 0 Å². The van der Waals surface area contributed by atoms with Crippen molar-refractivity contribution in [3.05, 3.63) is 11.9 Å². The number of nitrogens with one attached hydrogen (secondary N) is 2. The SMILES string of the molecule is CCOC1CC(Nc2cc(NC)nc(COC)n2)C1(C)C. The highest BCUT2D eigenvalue weighted by Crippen LogP contribution is 2.44. The maximum atomic E-state index is 5.76. The summed E-state index contributed by atoms with van der Waals surface area (Å²) < 4.78 is 10.9. The van der Waals surface area contributed by atoms with Crippen molar-refractivity contribution < 1.29 is 9.47 Å². The second-order valence-corrected chi connectivity index (χ2v) is 5.94. The molecule has 1 heterocycles. The van der Waals surface area contributed by atoms with Crippen molar-refractivity contribution in [1.29, 1.82) is 0 Å². The summed E-state index contributed by atoms with van der Waals surface area (Å²) in [6.07, 6.45) is 1.31. The summed E-state index contributed by atoms with van der Waals surface area (Å²) in [4.78, 5) is 8.86. The van der Waals surface area contributed by atoms with Gasteiger partial charge >= 0.3 is 0 Å². The van der Waals surface area contributed by atoms with E-state index in [1.807, 2.05) is 20.0 Å². The molecule has 0 aliphatic heterocycles. The predicted molar refractivity (Wildman–Crippen MR) is 83.5 cm³/mol. The fourth-order valence-electron chi connectivity index (χ4n) is 2.69. The van der Waals surface area contributed by atoms with Gasteiger partial charge in [0, 0.05) is 38.3 Å². The van der Waals surface area contributed by atoms with Crippen molar-refractivity contribution in [3.63, 3.8) is 0 Å². The Bertz CT molecular complexity index is 479. The van der Waals surface area contributed by atoms with Gasteiger partial charge < -0.3 is 20.1 Å². The van der Waals surface area contributed by atoms with Gasteiger partial charge in [0.25, 0.3) is 0 Å². The summed E-state index contributed by atoms with van der Waals surface area (Å²) in [5.74, 6) is 2.29. The molecule has 6 nitrogen and oxygen atoms in total. The fourth-order valence-corrected chi connectivity index (χ4v) is 2.69. The number of methoxy groups -OCH3 is 1. The monoisotopic (exact) mass is 294 g/mol. The molecule has 118 valence electrons. The highest BCUT2D eigenvalue weighted by molar-refractivity contribution is 5.48. The van der Waals surface area contributed by atoms with Gasteiger partial charge in [-0.2, -0.15) is 0 Å². The van der Waals surface area contributed by atoms with E-state index in [0.29, 0.717) is 24.6 Å². The highest BCUT2D eigenvalue weighted by atomic mass is 16.5. The molecule has 1 aliphatic carbocycles. The van der Waals surface area contributed by atoms with Crippen LogP contribution >= 0.6 is 0 Å². The normalized spacial score (nSPS) is 23.5. The second-order valence-electron chi connectivity index (χ2n) is 5.94.